The molecule has 0 radical (unpaired) electrons. The second-order valence-corrected chi connectivity index (χ2v) is 8.45. The Labute approximate surface area is 150 Å². The van der Waals surface area contributed by atoms with Gasteiger partial charge in [-0.05, 0) is 67.6 Å². The van der Waals surface area contributed by atoms with Gasteiger partial charge in [0, 0.05) is 15.7 Å². The zero-order valence-electron chi connectivity index (χ0n) is 13.1. The molecule has 7 atom stereocenters. The first-order valence-corrected chi connectivity index (χ1v) is 9.43. The molecule has 1 N–H and O–H groups in total. The van der Waals surface area contributed by atoms with E-state index in [4.69, 9.17) is 32.7 Å². The number of amides is 1. The first-order valence-electron chi connectivity index (χ1n) is 8.67. The van der Waals surface area contributed by atoms with Gasteiger partial charge in [0.15, 0.2) is 0 Å². The van der Waals surface area contributed by atoms with Crippen molar-refractivity contribution in [3.63, 3.8) is 0 Å². The second-order valence-electron chi connectivity index (χ2n) is 7.58. The van der Waals surface area contributed by atoms with E-state index in [2.05, 4.69) is 5.32 Å². The summed E-state index contributed by atoms with van der Waals surface area (Å²) >= 11 is 11.9. The smallest absolute Gasteiger partial charge is 0.411 e. The van der Waals surface area contributed by atoms with E-state index in [1.54, 1.807) is 18.2 Å². The van der Waals surface area contributed by atoms with Crippen molar-refractivity contribution in [3.05, 3.63) is 28.2 Å². The van der Waals surface area contributed by atoms with Gasteiger partial charge in [0.2, 0.25) is 0 Å². The lowest BCUT2D eigenvalue weighted by Crippen LogP contribution is -2.49. The minimum Gasteiger partial charge on any atom is -0.446 e. The third kappa shape index (κ3) is 2.51. The van der Waals surface area contributed by atoms with Crippen LogP contribution in [0.3, 0.4) is 0 Å². The molecular weight excluding hydrogens is 349 g/mol. The topological polar surface area (TPSA) is 50.9 Å². The van der Waals surface area contributed by atoms with Gasteiger partial charge in [0.25, 0.3) is 0 Å². The number of halogens is 2. The molecule has 6 rings (SSSR count). The van der Waals surface area contributed by atoms with E-state index in [0.717, 1.165) is 12.8 Å². The molecule has 4 saturated carbocycles. The first-order chi connectivity index (χ1) is 11.6. The summed E-state index contributed by atoms with van der Waals surface area (Å²) in [6.45, 7) is 0. The van der Waals surface area contributed by atoms with E-state index < -0.39 is 6.09 Å². The lowest BCUT2D eigenvalue weighted by molar-refractivity contribution is -0.0851. The Balaban J connectivity index is 1.26. The molecule has 1 saturated heterocycles. The largest absolute Gasteiger partial charge is 0.446 e. The molecule has 4 nitrogen and oxygen atoms in total. The van der Waals surface area contributed by atoms with Crippen LogP contribution in [0.4, 0.5) is 10.5 Å². The van der Waals surface area contributed by atoms with Gasteiger partial charge in [-0.15, -0.1) is 0 Å². The summed E-state index contributed by atoms with van der Waals surface area (Å²) in [4.78, 5) is 12.3. The van der Waals surface area contributed by atoms with Gasteiger partial charge in [0.1, 0.15) is 6.10 Å². The molecule has 5 fully saturated rings. The molecule has 1 aromatic carbocycles. The molecule has 1 amide bonds. The number of epoxide rings is 1. The Morgan fingerprint density at radius 2 is 1.92 bits per heavy atom. The third-order valence-electron chi connectivity index (χ3n) is 6.35. The van der Waals surface area contributed by atoms with Crippen molar-refractivity contribution in [3.8, 4) is 0 Å². The molecular formula is C18H19Cl2NO3. The zero-order chi connectivity index (χ0) is 16.4. The lowest BCUT2D eigenvalue weighted by Gasteiger charge is -2.50. The van der Waals surface area contributed by atoms with E-state index in [0.29, 0.717) is 51.6 Å². The molecule has 5 aliphatic rings. The fourth-order valence-corrected chi connectivity index (χ4v) is 6.03. The second kappa shape index (κ2) is 5.52. The standard InChI is InChI=1S/C18H19Cl2NO3/c19-9-4-10(20)6-11(5-9)21-18(22)24-14-3-8-1-2-12(14)13-7-15-17(23-15)16(8)13/h4-6,8,12-17H,1-3,7H2,(H,21,22)/t8-,12+,13+,14-,15+,16-,17-/m1/s1. The highest BCUT2D eigenvalue weighted by molar-refractivity contribution is 6.35. The average molecular weight is 368 g/mol. The molecule has 0 unspecified atom stereocenters. The molecule has 1 aliphatic heterocycles. The van der Waals surface area contributed by atoms with Crippen LogP contribution >= 0.6 is 23.2 Å². The maximum absolute atomic E-state index is 12.3. The van der Waals surface area contributed by atoms with Crippen molar-refractivity contribution in [1.29, 1.82) is 0 Å². The Morgan fingerprint density at radius 1 is 1.12 bits per heavy atom. The Morgan fingerprint density at radius 3 is 2.71 bits per heavy atom. The van der Waals surface area contributed by atoms with Crippen LogP contribution in [0.1, 0.15) is 25.7 Å². The average Bonchev–Trinajstić information content (AvgIpc) is 3.16. The van der Waals surface area contributed by atoms with Crippen molar-refractivity contribution >= 4 is 35.0 Å². The predicted molar refractivity (Wildman–Crippen MR) is 91.4 cm³/mol. The quantitative estimate of drug-likeness (QED) is 0.767. The predicted octanol–water partition coefficient (Wildman–Crippen LogP) is 4.74. The number of rotatable bonds is 2. The van der Waals surface area contributed by atoms with Crippen LogP contribution in [0.5, 0.6) is 0 Å². The van der Waals surface area contributed by atoms with Crippen LogP contribution in [0.15, 0.2) is 18.2 Å². The van der Waals surface area contributed by atoms with E-state index >= 15 is 0 Å². The Bertz CT molecular complexity index is 677. The van der Waals surface area contributed by atoms with Gasteiger partial charge in [-0.3, -0.25) is 5.32 Å². The molecule has 1 heterocycles. The van der Waals surface area contributed by atoms with Crippen molar-refractivity contribution in [2.45, 2.75) is 44.0 Å². The Kier molecular flexibility index (Phi) is 3.52. The van der Waals surface area contributed by atoms with Crippen LogP contribution < -0.4 is 5.32 Å². The number of anilines is 1. The van der Waals surface area contributed by atoms with Gasteiger partial charge >= 0.3 is 6.09 Å². The highest BCUT2D eigenvalue weighted by Gasteiger charge is 2.64. The number of fused-ring (bicyclic) bond motifs is 3. The summed E-state index contributed by atoms with van der Waals surface area (Å²) in [5.41, 5.74) is 0.562. The fourth-order valence-electron chi connectivity index (χ4n) is 5.50. The molecule has 0 spiro atoms. The highest BCUT2D eigenvalue weighted by Crippen LogP contribution is 2.62. The molecule has 0 aromatic heterocycles. The van der Waals surface area contributed by atoms with Crippen LogP contribution in [0, 0.1) is 23.7 Å². The molecule has 4 aliphatic carbocycles. The number of benzene rings is 1. The fraction of sp³-hybridized carbons (Fsp3) is 0.611. The number of ether oxygens (including phenoxy) is 2. The SMILES string of the molecule is O=C(Nc1cc(Cl)cc(Cl)c1)O[C@@H]1C[C@H]2CC[C@H]1[C@@H]1C[C@@H]3O[C@H]3[C@H]21. The minimum atomic E-state index is -0.415. The van der Waals surface area contributed by atoms with E-state index in [1.165, 1.54) is 12.8 Å². The zero-order valence-corrected chi connectivity index (χ0v) is 14.6. The molecule has 6 heteroatoms. The van der Waals surface area contributed by atoms with E-state index in [-0.39, 0.29) is 6.10 Å². The normalized spacial score (nSPS) is 41.5. The Hall–Kier alpha value is -0.970. The number of carbonyl (C=O) groups is 1. The van der Waals surface area contributed by atoms with E-state index in [9.17, 15) is 4.79 Å². The maximum Gasteiger partial charge on any atom is 0.411 e. The van der Waals surface area contributed by atoms with Crippen LogP contribution in [-0.4, -0.2) is 24.4 Å². The number of hydrogen-bond acceptors (Lipinski definition) is 3. The summed E-state index contributed by atoms with van der Waals surface area (Å²) in [6.07, 6.45) is 5.16. The first kappa shape index (κ1) is 15.3. The summed E-state index contributed by atoms with van der Waals surface area (Å²) in [5.74, 6) is 2.53. The van der Waals surface area contributed by atoms with Gasteiger partial charge in [-0.25, -0.2) is 4.79 Å². The summed E-state index contributed by atoms with van der Waals surface area (Å²) < 4.78 is 11.5. The van der Waals surface area contributed by atoms with Gasteiger partial charge in [0.05, 0.1) is 12.2 Å². The third-order valence-corrected chi connectivity index (χ3v) is 6.78. The highest BCUT2D eigenvalue weighted by atomic mass is 35.5. The number of carbonyl (C=O) groups excluding carboxylic acids is 1. The van der Waals surface area contributed by atoms with Crippen LogP contribution in [0.25, 0.3) is 0 Å². The van der Waals surface area contributed by atoms with E-state index in [1.807, 2.05) is 0 Å². The maximum atomic E-state index is 12.3. The number of hydrogen-bond donors (Lipinski definition) is 1. The van der Waals surface area contributed by atoms with Crippen molar-refractivity contribution in [1.82, 2.24) is 0 Å². The lowest BCUT2D eigenvalue weighted by atomic mass is 9.58. The summed E-state index contributed by atoms with van der Waals surface area (Å²) in [5, 5.41) is 3.73. The minimum absolute atomic E-state index is 0.0251. The molecule has 24 heavy (non-hydrogen) atoms. The van der Waals surface area contributed by atoms with Crippen LogP contribution in [-0.2, 0) is 9.47 Å². The van der Waals surface area contributed by atoms with Gasteiger partial charge in [-0.1, -0.05) is 23.2 Å². The van der Waals surface area contributed by atoms with Crippen LogP contribution in [0.2, 0.25) is 10.0 Å². The summed E-state index contributed by atoms with van der Waals surface area (Å²) in [7, 11) is 0. The monoisotopic (exact) mass is 367 g/mol. The molecule has 1 aromatic rings. The molecule has 128 valence electrons. The van der Waals surface area contributed by atoms with Crippen molar-refractivity contribution in [2.75, 3.05) is 5.32 Å². The molecule has 2 bridgehead atoms. The number of nitrogens with one attached hydrogen (secondary N) is 1. The van der Waals surface area contributed by atoms with Gasteiger partial charge < -0.3 is 9.47 Å². The summed E-state index contributed by atoms with van der Waals surface area (Å²) in [6, 6.07) is 4.96. The van der Waals surface area contributed by atoms with Gasteiger partial charge in [-0.2, -0.15) is 0 Å². The van der Waals surface area contributed by atoms with Crippen molar-refractivity contribution in [2.24, 2.45) is 23.7 Å². The van der Waals surface area contributed by atoms with Crippen molar-refractivity contribution < 1.29 is 14.3 Å².